The van der Waals surface area contributed by atoms with E-state index >= 15 is 0 Å². The van der Waals surface area contributed by atoms with Crippen LogP contribution in [-0.4, -0.2) is 25.8 Å². The zero-order valence-electron chi connectivity index (χ0n) is 10.00. The normalized spacial score (nSPS) is 10.5. The standard InChI is InChI=1S/C13H11N5O/c19-13(16-7-10-3-1-2-4-14-10)9-5-11-12(15-6-9)18-8-17-11/h1-6,8H,7H2,(H,16,19)(H,15,17,18). The van der Waals surface area contributed by atoms with E-state index in [1.54, 1.807) is 18.6 Å². The number of carbonyl (C=O) groups excluding carboxylic acids is 1. The lowest BCUT2D eigenvalue weighted by Crippen LogP contribution is -2.23. The first-order valence-corrected chi connectivity index (χ1v) is 5.80. The van der Waals surface area contributed by atoms with Crippen LogP contribution in [0.5, 0.6) is 0 Å². The summed E-state index contributed by atoms with van der Waals surface area (Å²) in [5.41, 5.74) is 2.64. The van der Waals surface area contributed by atoms with E-state index in [4.69, 9.17) is 0 Å². The highest BCUT2D eigenvalue weighted by Gasteiger charge is 2.08. The maximum absolute atomic E-state index is 12.0. The lowest BCUT2D eigenvalue weighted by atomic mass is 10.2. The number of hydrogen-bond acceptors (Lipinski definition) is 4. The summed E-state index contributed by atoms with van der Waals surface area (Å²) in [4.78, 5) is 27.1. The molecule has 0 radical (unpaired) electrons. The molecule has 1 amide bonds. The number of H-pyrrole nitrogens is 1. The molecule has 0 fully saturated rings. The van der Waals surface area contributed by atoms with Crippen LogP contribution in [0, 0.1) is 0 Å². The Morgan fingerprint density at radius 3 is 3.05 bits per heavy atom. The number of amides is 1. The van der Waals surface area contributed by atoms with Crippen molar-refractivity contribution in [2.24, 2.45) is 0 Å². The predicted octanol–water partition coefficient (Wildman–Crippen LogP) is 1.28. The predicted molar refractivity (Wildman–Crippen MR) is 69.3 cm³/mol. The fourth-order valence-electron chi connectivity index (χ4n) is 1.73. The van der Waals surface area contributed by atoms with Gasteiger partial charge in [0.15, 0.2) is 5.65 Å². The molecule has 0 aromatic carbocycles. The second-order valence-corrected chi connectivity index (χ2v) is 4.00. The van der Waals surface area contributed by atoms with E-state index in [1.807, 2.05) is 18.2 Å². The number of nitrogens with one attached hydrogen (secondary N) is 2. The number of hydrogen-bond donors (Lipinski definition) is 2. The highest BCUT2D eigenvalue weighted by atomic mass is 16.1. The number of pyridine rings is 2. The number of aromatic nitrogens is 4. The van der Waals surface area contributed by atoms with Crippen molar-refractivity contribution in [1.29, 1.82) is 0 Å². The smallest absolute Gasteiger partial charge is 0.253 e. The molecule has 3 rings (SSSR count). The second kappa shape index (κ2) is 4.85. The topological polar surface area (TPSA) is 83.6 Å². The highest BCUT2D eigenvalue weighted by Crippen LogP contribution is 2.08. The van der Waals surface area contributed by atoms with E-state index in [1.165, 1.54) is 6.20 Å². The molecule has 0 atom stereocenters. The molecule has 0 saturated heterocycles. The summed E-state index contributed by atoms with van der Waals surface area (Å²) in [7, 11) is 0. The Hall–Kier alpha value is -2.76. The van der Waals surface area contributed by atoms with Gasteiger partial charge in [-0.3, -0.25) is 9.78 Å². The molecule has 6 heteroatoms. The van der Waals surface area contributed by atoms with Gasteiger partial charge in [0, 0.05) is 12.4 Å². The van der Waals surface area contributed by atoms with Gasteiger partial charge in [-0.2, -0.15) is 0 Å². The number of imidazole rings is 1. The largest absolute Gasteiger partial charge is 0.346 e. The first kappa shape index (κ1) is 11.3. The molecule has 0 aliphatic carbocycles. The molecular formula is C13H11N5O. The molecule has 3 aromatic heterocycles. The van der Waals surface area contributed by atoms with Gasteiger partial charge in [-0.25, -0.2) is 9.97 Å². The molecule has 2 N–H and O–H groups in total. The van der Waals surface area contributed by atoms with E-state index < -0.39 is 0 Å². The number of aromatic amines is 1. The van der Waals surface area contributed by atoms with Gasteiger partial charge < -0.3 is 10.3 Å². The van der Waals surface area contributed by atoms with Crippen molar-refractivity contribution in [3.63, 3.8) is 0 Å². The molecule has 0 unspecified atom stereocenters. The van der Waals surface area contributed by atoms with Crippen molar-refractivity contribution in [3.05, 3.63) is 54.2 Å². The fourth-order valence-corrected chi connectivity index (χ4v) is 1.73. The quantitative estimate of drug-likeness (QED) is 0.736. The number of rotatable bonds is 3. The average molecular weight is 253 g/mol. The molecule has 0 aliphatic rings. The van der Waals surface area contributed by atoms with Crippen molar-refractivity contribution in [1.82, 2.24) is 25.3 Å². The van der Waals surface area contributed by atoms with E-state index in [9.17, 15) is 4.79 Å². The summed E-state index contributed by atoms with van der Waals surface area (Å²) < 4.78 is 0. The summed E-state index contributed by atoms with van der Waals surface area (Å²) in [6.45, 7) is 0.390. The summed E-state index contributed by atoms with van der Waals surface area (Å²) in [5.74, 6) is -0.186. The number of carbonyl (C=O) groups is 1. The molecule has 0 bridgehead atoms. The van der Waals surface area contributed by atoms with Gasteiger partial charge in [-0.1, -0.05) is 6.07 Å². The maximum Gasteiger partial charge on any atom is 0.253 e. The van der Waals surface area contributed by atoms with Gasteiger partial charge >= 0.3 is 0 Å². The Balaban J connectivity index is 1.73. The van der Waals surface area contributed by atoms with Gasteiger partial charge in [0.25, 0.3) is 5.91 Å². The average Bonchev–Trinajstić information content (AvgIpc) is 2.93. The van der Waals surface area contributed by atoms with E-state index in [-0.39, 0.29) is 5.91 Å². The monoisotopic (exact) mass is 253 g/mol. The molecule has 94 valence electrons. The van der Waals surface area contributed by atoms with E-state index in [2.05, 4.69) is 25.3 Å². The van der Waals surface area contributed by atoms with Crippen molar-refractivity contribution in [3.8, 4) is 0 Å². The summed E-state index contributed by atoms with van der Waals surface area (Å²) in [6.07, 6.45) is 4.75. The first-order valence-electron chi connectivity index (χ1n) is 5.80. The Morgan fingerprint density at radius 1 is 1.26 bits per heavy atom. The summed E-state index contributed by atoms with van der Waals surface area (Å²) in [5, 5.41) is 2.80. The Kier molecular flexibility index (Phi) is 2.89. The van der Waals surface area contributed by atoms with Crippen LogP contribution in [0.15, 0.2) is 43.0 Å². The third kappa shape index (κ3) is 2.42. The Morgan fingerprint density at radius 2 is 2.21 bits per heavy atom. The van der Waals surface area contributed by atoms with Gasteiger partial charge in [-0.15, -0.1) is 0 Å². The lowest BCUT2D eigenvalue weighted by molar-refractivity contribution is 0.0950. The van der Waals surface area contributed by atoms with Crippen LogP contribution >= 0.6 is 0 Å². The van der Waals surface area contributed by atoms with Crippen molar-refractivity contribution >= 4 is 17.1 Å². The Labute approximate surface area is 108 Å². The summed E-state index contributed by atoms with van der Waals surface area (Å²) >= 11 is 0. The molecule has 19 heavy (non-hydrogen) atoms. The van der Waals surface area contributed by atoms with Crippen molar-refractivity contribution in [2.75, 3.05) is 0 Å². The maximum atomic E-state index is 12.0. The Bertz CT molecular complexity index is 707. The minimum atomic E-state index is -0.186. The number of nitrogens with zero attached hydrogens (tertiary/aromatic N) is 3. The second-order valence-electron chi connectivity index (χ2n) is 4.00. The van der Waals surface area contributed by atoms with Crippen LogP contribution in [0.1, 0.15) is 16.1 Å². The van der Waals surface area contributed by atoms with Crippen LogP contribution < -0.4 is 5.32 Å². The van der Waals surface area contributed by atoms with Gasteiger partial charge in [0.1, 0.15) is 0 Å². The van der Waals surface area contributed by atoms with Crippen LogP contribution in [0.2, 0.25) is 0 Å². The van der Waals surface area contributed by atoms with Crippen LogP contribution in [0.3, 0.4) is 0 Å². The lowest BCUT2D eigenvalue weighted by Gasteiger charge is -2.04. The first-order chi connectivity index (χ1) is 9.33. The van der Waals surface area contributed by atoms with Gasteiger partial charge in [0.2, 0.25) is 0 Å². The third-order valence-electron chi connectivity index (χ3n) is 2.69. The van der Waals surface area contributed by atoms with Crippen LogP contribution in [0.25, 0.3) is 11.2 Å². The summed E-state index contributed by atoms with van der Waals surface area (Å²) in [6, 6.07) is 7.30. The van der Waals surface area contributed by atoms with Gasteiger partial charge in [-0.05, 0) is 18.2 Å². The molecular weight excluding hydrogens is 242 g/mol. The van der Waals surface area contributed by atoms with Crippen LogP contribution in [0.4, 0.5) is 0 Å². The third-order valence-corrected chi connectivity index (χ3v) is 2.69. The molecule has 0 aliphatic heterocycles. The van der Waals surface area contributed by atoms with E-state index in [0.717, 1.165) is 11.2 Å². The number of fused-ring (bicyclic) bond motifs is 1. The fraction of sp³-hybridized carbons (Fsp3) is 0.0769. The minimum absolute atomic E-state index is 0.186. The highest BCUT2D eigenvalue weighted by molar-refractivity contribution is 5.96. The zero-order chi connectivity index (χ0) is 13.1. The molecule has 0 saturated carbocycles. The molecule has 6 nitrogen and oxygen atoms in total. The van der Waals surface area contributed by atoms with E-state index in [0.29, 0.717) is 17.8 Å². The minimum Gasteiger partial charge on any atom is -0.346 e. The van der Waals surface area contributed by atoms with Crippen molar-refractivity contribution in [2.45, 2.75) is 6.54 Å². The van der Waals surface area contributed by atoms with Crippen molar-refractivity contribution < 1.29 is 4.79 Å². The zero-order valence-corrected chi connectivity index (χ0v) is 10.00. The molecule has 3 aromatic rings. The molecule has 0 spiro atoms. The SMILES string of the molecule is O=C(NCc1ccccn1)c1cnc2nc[nH]c2c1. The molecule has 3 heterocycles. The van der Waals surface area contributed by atoms with Gasteiger partial charge in [0.05, 0.1) is 29.6 Å². The van der Waals surface area contributed by atoms with Crippen LogP contribution in [-0.2, 0) is 6.54 Å².